The summed E-state index contributed by atoms with van der Waals surface area (Å²) < 4.78 is 0. The van der Waals surface area contributed by atoms with Crippen LogP contribution in [0.3, 0.4) is 0 Å². The van der Waals surface area contributed by atoms with Crippen molar-refractivity contribution < 1.29 is 0 Å². The molecule has 0 amide bonds. The summed E-state index contributed by atoms with van der Waals surface area (Å²) in [5.74, 6) is 1.15. The minimum atomic E-state index is 0.128. The molecule has 1 heterocycles. The molecule has 0 aromatic heterocycles. The summed E-state index contributed by atoms with van der Waals surface area (Å²) in [6.45, 7) is 0. The third kappa shape index (κ3) is 2.26. The van der Waals surface area contributed by atoms with E-state index in [-0.39, 0.29) is 6.04 Å². The van der Waals surface area contributed by atoms with E-state index in [9.17, 15) is 0 Å². The minimum absolute atomic E-state index is 0.128. The Morgan fingerprint density at radius 3 is 2.37 bits per heavy atom. The molecule has 1 aliphatic heterocycles. The first-order valence-electron chi connectivity index (χ1n) is 6.62. The van der Waals surface area contributed by atoms with Crippen molar-refractivity contribution in [1.29, 1.82) is 0 Å². The molecular weight excluding hydrogens is 232 g/mol. The van der Waals surface area contributed by atoms with Crippen molar-refractivity contribution in [1.82, 2.24) is 4.90 Å². The van der Waals surface area contributed by atoms with Gasteiger partial charge in [-0.3, -0.25) is 4.99 Å². The maximum atomic E-state index is 4.94. The second-order valence-corrected chi connectivity index (χ2v) is 5.13. The molecule has 0 spiro atoms. The highest BCUT2D eigenvalue weighted by molar-refractivity contribution is 5.86. The number of nitrogens with zero attached hydrogens (tertiary/aromatic N) is 2. The molecule has 0 saturated heterocycles. The zero-order valence-corrected chi connectivity index (χ0v) is 11.4. The Labute approximate surface area is 114 Å². The Morgan fingerprint density at radius 1 is 0.947 bits per heavy atom. The number of likely N-dealkylation sites (N-methyl/N-ethyl adjacent to an activating group) is 1. The summed E-state index contributed by atoms with van der Waals surface area (Å²) in [7, 11) is 4.13. The first kappa shape index (κ1) is 12.0. The first-order chi connectivity index (χ1) is 9.25. The van der Waals surface area contributed by atoms with E-state index in [2.05, 4.69) is 73.6 Å². The topological polar surface area (TPSA) is 15.6 Å². The van der Waals surface area contributed by atoms with E-state index in [0.717, 1.165) is 12.3 Å². The lowest BCUT2D eigenvalue weighted by Crippen LogP contribution is -2.28. The van der Waals surface area contributed by atoms with Crippen molar-refractivity contribution in [3.05, 3.63) is 71.3 Å². The molecule has 2 nitrogen and oxygen atoms in total. The van der Waals surface area contributed by atoms with Gasteiger partial charge in [0.25, 0.3) is 0 Å². The number of aliphatic imine (C=N–C) groups is 1. The minimum Gasteiger partial charge on any atom is -0.366 e. The zero-order chi connectivity index (χ0) is 13.2. The molecule has 2 aromatic rings. The summed E-state index contributed by atoms with van der Waals surface area (Å²) in [4.78, 5) is 7.05. The maximum Gasteiger partial charge on any atom is 0.104 e. The highest BCUT2D eigenvalue weighted by Gasteiger charge is 2.23. The Kier molecular flexibility index (Phi) is 3.08. The molecule has 1 atom stereocenters. The van der Waals surface area contributed by atoms with Crippen LogP contribution >= 0.6 is 0 Å². The highest BCUT2D eigenvalue weighted by Crippen LogP contribution is 2.32. The van der Waals surface area contributed by atoms with Gasteiger partial charge in [-0.05, 0) is 16.7 Å². The number of benzene rings is 2. The quantitative estimate of drug-likeness (QED) is 0.758. The van der Waals surface area contributed by atoms with Crippen LogP contribution in [-0.4, -0.2) is 24.8 Å². The molecule has 96 valence electrons. The van der Waals surface area contributed by atoms with Gasteiger partial charge >= 0.3 is 0 Å². The molecule has 3 rings (SSSR count). The lowest BCUT2D eigenvalue weighted by Gasteiger charge is -2.27. The fourth-order valence-corrected chi connectivity index (χ4v) is 2.56. The summed E-state index contributed by atoms with van der Waals surface area (Å²) in [5.41, 5.74) is 3.98. The Bertz CT molecular complexity index is 600. The van der Waals surface area contributed by atoms with E-state index < -0.39 is 0 Å². The van der Waals surface area contributed by atoms with E-state index >= 15 is 0 Å². The molecule has 0 radical (unpaired) electrons. The maximum absolute atomic E-state index is 4.94. The van der Waals surface area contributed by atoms with Gasteiger partial charge < -0.3 is 4.90 Å². The van der Waals surface area contributed by atoms with Crippen molar-refractivity contribution in [2.45, 2.75) is 12.5 Å². The monoisotopic (exact) mass is 250 g/mol. The van der Waals surface area contributed by atoms with Crippen LogP contribution in [0.4, 0.5) is 0 Å². The normalized spacial score (nSPS) is 17.6. The number of rotatable bonds is 1. The second-order valence-electron chi connectivity index (χ2n) is 5.13. The SMILES string of the molecule is CN(C)C1=NC(c2ccccc2)c2ccccc2C1. The highest BCUT2D eigenvalue weighted by atomic mass is 15.1. The number of hydrogen-bond donors (Lipinski definition) is 0. The lowest BCUT2D eigenvalue weighted by molar-refractivity contribution is 0.592. The zero-order valence-electron chi connectivity index (χ0n) is 11.4. The molecule has 0 N–H and O–H groups in total. The number of fused-ring (bicyclic) bond motifs is 1. The largest absolute Gasteiger partial charge is 0.366 e. The van der Waals surface area contributed by atoms with Crippen LogP contribution in [-0.2, 0) is 6.42 Å². The van der Waals surface area contributed by atoms with E-state index in [1.165, 1.54) is 16.7 Å². The van der Waals surface area contributed by atoms with E-state index in [1.54, 1.807) is 0 Å². The predicted molar refractivity (Wildman–Crippen MR) is 79.6 cm³/mol. The molecule has 1 unspecified atom stereocenters. The van der Waals surface area contributed by atoms with Gasteiger partial charge in [0.05, 0.1) is 0 Å². The summed E-state index contributed by atoms with van der Waals surface area (Å²) in [6, 6.07) is 19.3. The van der Waals surface area contributed by atoms with Crippen molar-refractivity contribution in [2.24, 2.45) is 4.99 Å². The summed E-state index contributed by atoms with van der Waals surface area (Å²) in [5, 5.41) is 0. The van der Waals surface area contributed by atoms with Crippen LogP contribution in [0.2, 0.25) is 0 Å². The molecule has 0 bridgehead atoms. The Morgan fingerprint density at radius 2 is 1.63 bits per heavy atom. The van der Waals surface area contributed by atoms with Crippen LogP contribution in [0.5, 0.6) is 0 Å². The van der Waals surface area contributed by atoms with Crippen molar-refractivity contribution in [2.75, 3.05) is 14.1 Å². The molecule has 19 heavy (non-hydrogen) atoms. The molecule has 0 aliphatic carbocycles. The third-order valence-electron chi connectivity index (χ3n) is 3.61. The predicted octanol–water partition coefficient (Wildman–Crippen LogP) is 3.29. The molecular formula is C17H18N2. The van der Waals surface area contributed by atoms with E-state index in [0.29, 0.717) is 0 Å². The lowest BCUT2D eigenvalue weighted by atomic mass is 9.90. The molecule has 0 saturated carbocycles. The third-order valence-corrected chi connectivity index (χ3v) is 3.61. The van der Waals surface area contributed by atoms with Crippen LogP contribution in [0.1, 0.15) is 22.7 Å². The molecule has 2 aromatic carbocycles. The van der Waals surface area contributed by atoms with Gasteiger partial charge in [-0.15, -0.1) is 0 Å². The number of hydrogen-bond acceptors (Lipinski definition) is 2. The van der Waals surface area contributed by atoms with Gasteiger partial charge in [0.15, 0.2) is 0 Å². The average Bonchev–Trinajstić information content (AvgIpc) is 2.47. The van der Waals surface area contributed by atoms with Gasteiger partial charge in [-0.1, -0.05) is 54.6 Å². The van der Waals surface area contributed by atoms with Crippen molar-refractivity contribution >= 4 is 5.84 Å². The van der Waals surface area contributed by atoms with Gasteiger partial charge in [0, 0.05) is 20.5 Å². The molecule has 1 aliphatic rings. The van der Waals surface area contributed by atoms with Gasteiger partial charge in [-0.25, -0.2) is 0 Å². The van der Waals surface area contributed by atoms with Crippen LogP contribution in [0.15, 0.2) is 59.6 Å². The molecule has 2 heteroatoms. The average molecular weight is 250 g/mol. The Hall–Kier alpha value is -2.09. The van der Waals surface area contributed by atoms with Gasteiger partial charge in [0.1, 0.15) is 11.9 Å². The second kappa shape index (κ2) is 4.88. The van der Waals surface area contributed by atoms with E-state index in [4.69, 9.17) is 4.99 Å². The number of amidine groups is 1. The smallest absolute Gasteiger partial charge is 0.104 e. The summed E-state index contributed by atoms with van der Waals surface area (Å²) >= 11 is 0. The van der Waals surface area contributed by atoms with Crippen LogP contribution in [0, 0.1) is 0 Å². The fourth-order valence-electron chi connectivity index (χ4n) is 2.56. The van der Waals surface area contributed by atoms with Crippen LogP contribution in [0.25, 0.3) is 0 Å². The first-order valence-corrected chi connectivity index (χ1v) is 6.62. The van der Waals surface area contributed by atoms with Gasteiger partial charge in [0.2, 0.25) is 0 Å². The molecule has 0 fully saturated rings. The Balaban J connectivity index is 2.11. The van der Waals surface area contributed by atoms with E-state index in [1.807, 2.05) is 0 Å². The standard InChI is InChI=1S/C17H18N2/c1-19(2)16-12-14-10-6-7-11-15(14)17(18-16)13-8-4-3-5-9-13/h3-11,17H,12H2,1-2H3. The summed E-state index contributed by atoms with van der Waals surface area (Å²) in [6.07, 6.45) is 0.923. The fraction of sp³-hybridized carbons (Fsp3) is 0.235. The van der Waals surface area contributed by atoms with Crippen molar-refractivity contribution in [3.63, 3.8) is 0 Å². The van der Waals surface area contributed by atoms with Crippen molar-refractivity contribution in [3.8, 4) is 0 Å². The van der Waals surface area contributed by atoms with Crippen LogP contribution < -0.4 is 0 Å². The van der Waals surface area contributed by atoms with Gasteiger partial charge in [-0.2, -0.15) is 0 Å².